The van der Waals surface area contributed by atoms with Gasteiger partial charge >= 0.3 is 12.1 Å². The molecule has 0 aliphatic rings. The molecule has 0 aliphatic heterocycles. The van der Waals surface area contributed by atoms with Crippen molar-refractivity contribution >= 4 is 17.8 Å². The number of ketones is 1. The zero-order valence-electron chi connectivity index (χ0n) is 7.29. The summed E-state index contributed by atoms with van der Waals surface area (Å²) in [5.74, 6) is -1.15. The molecule has 0 radical (unpaired) electrons. The highest BCUT2D eigenvalue weighted by molar-refractivity contribution is 5.97. The zero-order chi connectivity index (χ0) is 9.72. The second-order valence-electron chi connectivity index (χ2n) is 2.51. The molecule has 0 heterocycles. The Balaban J connectivity index is 3.85. The molecule has 0 saturated carbocycles. The van der Waals surface area contributed by atoms with Gasteiger partial charge in [-0.05, 0) is 6.92 Å². The molecule has 0 aromatic heterocycles. The number of esters is 1. The molecule has 5 heteroatoms. The summed E-state index contributed by atoms with van der Waals surface area (Å²) < 4.78 is 4.25. The van der Waals surface area contributed by atoms with Gasteiger partial charge in [0, 0.05) is 14.1 Å². The zero-order valence-corrected chi connectivity index (χ0v) is 7.29. The SMILES string of the molecule is CC(=O)CC(=O)OC(=O)N(C)C. The topological polar surface area (TPSA) is 63.7 Å². The maximum Gasteiger partial charge on any atom is 0.417 e. The maximum atomic E-state index is 10.7. The third kappa shape index (κ3) is 4.43. The van der Waals surface area contributed by atoms with E-state index in [1.54, 1.807) is 0 Å². The fourth-order valence-corrected chi connectivity index (χ4v) is 0.428. The van der Waals surface area contributed by atoms with Crippen molar-refractivity contribution in [3.05, 3.63) is 0 Å². The van der Waals surface area contributed by atoms with Crippen molar-refractivity contribution in [2.45, 2.75) is 13.3 Å². The van der Waals surface area contributed by atoms with Crippen molar-refractivity contribution in [1.29, 1.82) is 0 Å². The van der Waals surface area contributed by atoms with Crippen LogP contribution in [-0.4, -0.2) is 36.8 Å². The van der Waals surface area contributed by atoms with E-state index >= 15 is 0 Å². The van der Waals surface area contributed by atoms with Crippen LogP contribution in [0.4, 0.5) is 4.79 Å². The summed E-state index contributed by atoms with van der Waals surface area (Å²) in [6, 6.07) is 0. The summed E-state index contributed by atoms with van der Waals surface area (Å²) >= 11 is 0. The minimum absolute atomic E-state index is 0.327. The van der Waals surface area contributed by atoms with Crippen molar-refractivity contribution in [2.24, 2.45) is 0 Å². The van der Waals surface area contributed by atoms with Crippen LogP contribution in [0.25, 0.3) is 0 Å². The van der Waals surface area contributed by atoms with Crippen LogP contribution in [0.15, 0.2) is 0 Å². The number of hydrogen-bond acceptors (Lipinski definition) is 4. The van der Waals surface area contributed by atoms with E-state index in [1.807, 2.05) is 0 Å². The molecular weight excluding hydrogens is 162 g/mol. The summed E-state index contributed by atoms with van der Waals surface area (Å²) in [4.78, 5) is 32.9. The molecule has 0 N–H and O–H groups in total. The van der Waals surface area contributed by atoms with Gasteiger partial charge in [-0.3, -0.25) is 9.59 Å². The van der Waals surface area contributed by atoms with Crippen molar-refractivity contribution in [1.82, 2.24) is 4.90 Å². The molecule has 12 heavy (non-hydrogen) atoms. The summed E-state index contributed by atoms with van der Waals surface area (Å²) in [6.45, 7) is 1.25. The average Bonchev–Trinajstić information content (AvgIpc) is 1.84. The van der Waals surface area contributed by atoms with Crippen molar-refractivity contribution in [3.8, 4) is 0 Å². The van der Waals surface area contributed by atoms with Gasteiger partial charge in [0.25, 0.3) is 0 Å². The molecule has 0 unspecified atom stereocenters. The molecular formula is C7H11NO4. The van der Waals surface area contributed by atoms with Crippen LogP contribution in [0.3, 0.4) is 0 Å². The highest BCUT2D eigenvalue weighted by Gasteiger charge is 2.13. The van der Waals surface area contributed by atoms with Gasteiger partial charge in [0.1, 0.15) is 12.2 Å². The number of rotatable bonds is 2. The number of carbonyl (C=O) groups excluding carboxylic acids is 3. The highest BCUT2D eigenvalue weighted by Crippen LogP contribution is 1.91. The summed E-state index contributed by atoms with van der Waals surface area (Å²) in [5, 5.41) is 0. The molecule has 0 saturated heterocycles. The Labute approximate surface area is 70.3 Å². The Kier molecular flexibility index (Phi) is 3.96. The predicted molar refractivity (Wildman–Crippen MR) is 40.5 cm³/mol. The molecule has 0 spiro atoms. The van der Waals surface area contributed by atoms with Gasteiger partial charge in [-0.2, -0.15) is 0 Å². The second kappa shape index (κ2) is 4.48. The van der Waals surface area contributed by atoms with E-state index < -0.39 is 12.1 Å². The Hall–Kier alpha value is -1.39. The third-order valence-electron chi connectivity index (χ3n) is 0.960. The lowest BCUT2D eigenvalue weighted by Crippen LogP contribution is -2.26. The first-order chi connectivity index (χ1) is 5.43. The molecule has 0 fully saturated rings. The lowest BCUT2D eigenvalue weighted by atomic mass is 10.3. The lowest BCUT2D eigenvalue weighted by molar-refractivity contribution is -0.140. The molecule has 5 nitrogen and oxygen atoms in total. The number of hydrogen-bond donors (Lipinski definition) is 0. The summed E-state index contributed by atoms with van der Waals surface area (Å²) in [7, 11) is 2.90. The van der Waals surface area contributed by atoms with Crippen LogP contribution in [0.5, 0.6) is 0 Å². The van der Waals surface area contributed by atoms with Gasteiger partial charge in [-0.1, -0.05) is 0 Å². The van der Waals surface area contributed by atoms with E-state index in [0.717, 1.165) is 4.90 Å². The van der Waals surface area contributed by atoms with Gasteiger partial charge in [0.15, 0.2) is 0 Å². The smallest absolute Gasteiger partial charge is 0.376 e. The van der Waals surface area contributed by atoms with E-state index in [9.17, 15) is 14.4 Å². The van der Waals surface area contributed by atoms with E-state index in [4.69, 9.17) is 0 Å². The van der Waals surface area contributed by atoms with Gasteiger partial charge in [-0.15, -0.1) is 0 Å². The van der Waals surface area contributed by atoms with Crippen LogP contribution in [0.1, 0.15) is 13.3 Å². The molecule has 0 aliphatic carbocycles. The number of nitrogens with zero attached hydrogens (tertiary/aromatic N) is 1. The van der Waals surface area contributed by atoms with Crippen LogP contribution in [-0.2, 0) is 14.3 Å². The van der Waals surface area contributed by atoms with Crippen LogP contribution < -0.4 is 0 Å². The van der Waals surface area contributed by atoms with E-state index in [-0.39, 0.29) is 12.2 Å². The van der Waals surface area contributed by atoms with Crippen LogP contribution in [0, 0.1) is 0 Å². The third-order valence-corrected chi connectivity index (χ3v) is 0.960. The van der Waals surface area contributed by atoms with E-state index in [1.165, 1.54) is 21.0 Å². The highest BCUT2D eigenvalue weighted by atomic mass is 16.6. The van der Waals surface area contributed by atoms with Gasteiger partial charge < -0.3 is 9.64 Å². The predicted octanol–water partition coefficient (Wildman–Crippen LogP) is 0.190. The molecule has 68 valence electrons. The largest absolute Gasteiger partial charge is 0.417 e. The normalized spacial score (nSPS) is 8.92. The van der Waals surface area contributed by atoms with Crippen molar-refractivity contribution in [3.63, 3.8) is 0 Å². The molecule has 0 bridgehead atoms. The van der Waals surface area contributed by atoms with E-state index in [2.05, 4.69) is 4.74 Å². The van der Waals surface area contributed by atoms with E-state index in [0.29, 0.717) is 0 Å². The standard InChI is InChI=1S/C7H11NO4/c1-5(9)4-6(10)12-7(11)8(2)3/h4H2,1-3H3. The van der Waals surface area contributed by atoms with Crippen molar-refractivity contribution < 1.29 is 19.1 Å². The lowest BCUT2D eigenvalue weighted by Gasteiger charge is -2.08. The molecule has 1 amide bonds. The van der Waals surface area contributed by atoms with Crippen molar-refractivity contribution in [2.75, 3.05) is 14.1 Å². The van der Waals surface area contributed by atoms with Gasteiger partial charge in [-0.25, -0.2) is 4.79 Å². The number of Topliss-reactive ketones (excluding diaryl/α,β-unsaturated/α-hetero) is 1. The van der Waals surface area contributed by atoms with Gasteiger partial charge in [0.05, 0.1) is 0 Å². The molecule has 0 rings (SSSR count). The Morgan fingerprint density at radius 2 is 1.75 bits per heavy atom. The second-order valence-corrected chi connectivity index (χ2v) is 2.51. The molecule has 0 aromatic rings. The fourth-order valence-electron chi connectivity index (χ4n) is 0.428. The number of ether oxygens (including phenoxy) is 1. The average molecular weight is 173 g/mol. The van der Waals surface area contributed by atoms with Crippen LogP contribution in [0.2, 0.25) is 0 Å². The maximum absolute atomic E-state index is 10.7. The Morgan fingerprint density at radius 1 is 1.25 bits per heavy atom. The fraction of sp³-hybridized carbons (Fsp3) is 0.571. The molecule has 0 atom stereocenters. The Bertz CT molecular complexity index is 209. The number of amides is 1. The first-order valence-corrected chi connectivity index (χ1v) is 3.35. The summed E-state index contributed by atoms with van der Waals surface area (Å²) in [6.07, 6.45) is -1.12. The Morgan fingerprint density at radius 3 is 2.08 bits per heavy atom. The molecule has 0 aromatic carbocycles. The monoisotopic (exact) mass is 173 g/mol. The summed E-state index contributed by atoms with van der Waals surface area (Å²) in [5.41, 5.74) is 0. The quantitative estimate of drug-likeness (QED) is 0.441. The van der Waals surface area contributed by atoms with Crippen LogP contribution >= 0.6 is 0 Å². The minimum atomic E-state index is -0.818. The minimum Gasteiger partial charge on any atom is -0.376 e. The van der Waals surface area contributed by atoms with Gasteiger partial charge in [0.2, 0.25) is 0 Å². The first-order valence-electron chi connectivity index (χ1n) is 3.35. The first kappa shape index (κ1) is 10.6. The number of carbonyl (C=O) groups is 3.